The summed E-state index contributed by atoms with van der Waals surface area (Å²) in [6, 6.07) is 4.39. The van der Waals surface area contributed by atoms with Crippen molar-refractivity contribution >= 4 is 6.21 Å². The van der Waals surface area contributed by atoms with E-state index in [0.29, 0.717) is 5.56 Å². The number of aliphatic imine (C=N–C) groups is 1. The minimum atomic E-state index is -0.204. The van der Waals surface area contributed by atoms with Gasteiger partial charge >= 0.3 is 29.6 Å². The maximum absolute atomic E-state index is 11.2. The van der Waals surface area contributed by atoms with Gasteiger partial charge in [-0.25, -0.2) is 0 Å². The van der Waals surface area contributed by atoms with E-state index in [-0.39, 0.29) is 47.1 Å². The fourth-order valence-corrected chi connectivity index (χ4v) is 0.859. The molecule has 3 N–H and O–H groups in total. The molecular formula is C10H14NNaO4. The van der Waals surface area contributed by atoms with Gasteiger partial charge in [0.15, 0.2) is 0 Å². The van der Waals surface area contributed by atoms with Crippen LogP contribution < -0.4 is 34.7 Å². The molecule has 0 heterocycles. The zero-order valence-corrected chi connectivity index (χ0v) is 11.6. The predicted molar refractivity (Wildman–Crippen MR) is 55.5 cm³/mol. The summed E-state index contributed by atoms with van der Waals surface area (Å²) < 4.78 is 0. The molecule has 0 unspecified atom stereocenters. The van der Waals surface area contributed by atoms with Crippen molar-refractivity contribution in [3.63, 3.8) is 0 Å². The van der Waals surface area contributed by atoms with Crippen LogP contribution in [0.25, 0.3) is 0 Å². The molecular weight excluding hydrogens is 221 g/mol. The largest absolute Gasteiger partial charge is 1.00 e. The zero-order valence-electron chi connectivity index (χ0n) is 9.58. The van der Waals surface area contributed by atoms with Gasteiger partial charge in [0.25, 0.3) is 0 Å². The van der Waals surface area contributed by atoms with Crippen LogP contribution in [-0.2, 0) is 0 Å². The predicted octanol–water partition coefficient (Wildman–Crippen LogP) is -1.69. The molecule has 0 bridgehead atoms. The van der Waals surface area contributed by atoms with Crippen molar-refractivity contribution in [1.29, 1.82) is 0 Å². The minimum Gasteiger partial charge on any atom is -0.872 e. The second-order valence-electron chi connectivity index (χ2n) is 3.09. The topological polar surface area (TPSA) is 96.1 Å². The fourth-order valence-electron chi connectivity index (χ4n) is 0.859. The first-order valence-electron chi connectivity index (χ1n) is 4.33. The maximum Gasteiger partial charge on any atom is 1.00 e. The van der Waals surface area contributed by atoms with Gasteiger partial charge in [-0.15, -0.1) is 0 Å². The molecule has 0 fully saturated rings. The van der Waals surface area contributed by atoms with Gasteiger partial charge in [-0.1, -0.05) is 11.8 Å². The number of nitrogens with zero attached hydrogens (tertiary/aromatic N) is 1. The average molecular weight is 235 g/mol. The van der Waals surface area contributed by atoms with Crippen molar-refractivity contribution in [1.82, 2.24) is 0 Å². The van der Waals surface area contributed by atoms with E-state index in [0.717, 1.165) is 0 Å². The number of hydrogen-bond acceptors (Lipinski definition) is 5. The van der Waals surface area contributed by atoms with Gasteiger partial charge in [-0.3, -0.25) is 15.5 Å². The van der Waals surface area contributed by atoms with Gasteiger partial charge in [0.1, 0.15) is 5.75 Å². The third-order valence-electron chi connectivity index (χ3n) is 1.51. The maximum atomic E-state index is 11.2. The summed E-state index contributed by atoms with van der Waals surface area (Å²) in [7, 11) is 0. The molecule has 0 aliphatic rings. The van der Waals surface area contributed by atoms with E-state index in [1.807, 2.05) is 13.8 Å². The van der Waals surface area contributed by atoms with Crippen molar-refractivity contribution in [2.45, 2.75) is 19.9 Å². The molecule has 5 nitrogen and oxygen atoms in total. The van der Waals surface area contributed by atoms with E-state index in [1.54, 1.807) is 6.07 Å². The summed E-state index contributed by atoms with van der Waals surface area (Å²) in [4.78, 5) is 4.08. The Labute approximate surface area is 116 Å². The van der Waals surface area contributed by atoms with Crippen LogP contribution in [0.1, 0.15) is 19.4 Å². The number of benzene rings is 1. The number of phenolic OH excluding ortho intramolecular Hbond substituents is 1. The normalized spacial score (nSPS) is 9.56. The Morgan fingerprint density at radius 3 is 2.31 bits per heavy atom. The Hall–Kier alpha value is -0.590. The van der Waals surface area contributed by atoms with E-state index >= 15 is 0 Å². The molecule has 1 aromatic carbocycles. The van der Waals surface area contributed by atoms with Gasteiger partial charge in [0.05, 0.1) is 0 Å². The molecule has 0 amide bonds. The standard InChI is InChI=1S/C10H13NO2.Na.H2O2/c1-7(2)11-6-8-3-4-9(12)5-10(8)13;;1-2/h3-7,12-13H,1-2H3;;1-2H/q;+1;/p-1. The number of aromatic hydroxyl groups is 1. The van der Waals surface area contributed by atoms with Crippen LogP contribution in [0.3, 0.4) is 0 Å². The molecule has 84 valence electrons. The van der Waals surface area contributed by atoms with Crippen LogP contribution in [0, 0.1) is 0 Å². The number of hydrogen-bond donors (Lipinski definition) is 3. The van der Waals surface area contributed by atoms with Gasteiger partial charge in [0.2, 0.25) is 0 Å². The second-order valence-corrected chi connectivity index (χ2v) is 3.09. The first-order chi connectivity index (χ1) is 7.09. The van der Waals surface area contributed by atoms with Crippen LogP contribution in [0.4, 0.5) is 0 Å². The SMILES string of the molecule is CC(C)N=Cc1ccc(O)cc1[O-].OO.[Na+]. The number of phenols is 1. The molecule has 0 saturated heterocycles. The van der Waals surface area contributed by atoms with Crippen molar-refractivity contribution in [2.24, 2.45) is 4.99 Å². The Balaban J connectivity index is 0. The van der Waals surface area contributed by atoms with E-state index < -0.39 is 0 Å². The Bertz CT molecular complexity index is 329. The zero-order chi connectivity index (χ0) is 11.8. The third-order valence-corrected chi connectivity index (χ3v) is 1.51. The molecule has 0 radical (unpaired) electrons. The molecule has 0 aromatic heterocycles. The average Bonchev–Trinajstić information content (AvgIpc) is 2.19. The first kappa shape index (κ1) is 17.8. The van der Waals surface area contributed by atoms with Crippen LogP contribution in [0.5, 0.6) is 11.5 Å². The monoisotopic (exact) mass is 235 g/mol. The van der Waals surface area contributed by atoms with Gasteiger partial charge in [-0.2, -0.15) is 0 Å². The van der Waals surface area contributed by atoms with E-state index in [2.05, 4.69) is 4.99 Å². The Kier molecular flexibility index (Phi) is 10.7. The van der Waals surface area contributed by atoms with Crippen LogP contribution >= 0.6 is 0 Å². The summed E-state index contributed by atoms with van der Waals surface area (Å²) in [5.74, 6) is -0.212. The van der Waals surface area contributed by atoms with Crippen LogP contribution in [0.15, 0.2) is 23.2 Å². The first-order valence-corrected chi connectivity index (χ1v) is 4.33. The van der Waals surface area contributed by atoms with Gasteiger partial charge in [0, 0.05) is 12.3 Å². The van der Waals surface area contributed by atoms with Crippen molar-refractivity contribution in [2.75, 3.05) is 0 Å². The second kappa shape index (κ2) is 9.62. The molecule has 6 heteroatoms. The summed E-state index contributed by atoms with van der Waals surface area (Å²) in [6.07, 6.45) is 1.53. The summed E-state index contributed by atoms with van der Waals surface area (Å²) >= 11 is 0. The fraction of sp³-hybridized carbons (Fsp3) is 0.300. The van der Waals surface area contributed by atoms with Gasteiger partial charge < -0.3 is 10.2 Å². The summed E-state index contributed by atoms with van der Waals surface area (Å²) in [5, 5.41) is 32.2. The molecule has 0 aliphatic carbocycles. The van der Waals surface area contributed by atoms with Crippen molar-refractivity contribution < 1.29 is 50.3 Å². The molecule has 16 heavy (non-hydrogen) atoms. The third kappa shape index (κ3) is 6.81. The van der Waals surface area contributed by atoms with E-state index in [9.17, 15) is 5.11 Å². The Morgan fingerprint density at radius 1 is 1.31 bits per heavy atom. The molecule has 0 atom stereocenters. The van der Waals surface area contributed by atoms with Crippen molar-refractivity contribution in [3.05, 3.63) is 23.8 Å². The minimum absolute atomic E-state index is 0. The summed E-state index contributed by atoms with van der Waals surface area (Å²) in [6.45, 7) is 3.86. The molecule has 0 aliphatic heterocycles. The summed E-state index contributed by atoms with van der Waals surface area (Å²) in [5.41, 5.74) is 0.506. The van der Waals surface area contributed by atoms with Crippen LogP contribution in [-0.4, -0.2) is 27.9 Å². The molecule has 0 saturated carbocycles. The van der Waals surface area contributed by atoms with Gasteiger partial charge in [-0.05, 0) is 31.5 Å². The van der Waals surface area contributed by atoms with Crippen LogP contribution in [0.2, 0.25) is 0 Å². The quantitative estimate of drug-likeness (QED) is 0.247. The molecule has 1 aromatic rings. The van der Waals surface area contributed by atoms with E-state index in [1.165, 1.54) is 18.3 Å². The molecule has 0 spiro atoms. The number of rotatable bonds is 2. The smallest absolute Gasteiger partial charge is 0.872 e. The molecule has 1 rings (SSSR count). The van der Waals surface area contributed by atoms with E-state index in [4.69, 9.17) is 15.6 Å². The Morgan fingerprint density at radius 2 is 1.88 bits per heavy atom. The van der Waals surface area contributed by atoms with Crippen molar-refractivity contribution in [3.8, 4) is 11.5 Å².